The van der Waals surface area contributed by atoms with Gasteiger partial charge < -0.3 is 29.1 Å². The zero-order chi connectivity index (χ0) is 31.0. The minimum absolute atomic E-state index is 0.00546. The van der Waals surface area contributed by atoms with E-state index in [2.05, 4.69) is 15.5 Å². The number of hydrogen-bond acceptors (Lipinski definition) is 9. The summed E-state index contributed by atoms with van der Waals surface area (Å²) in [4.78, 5) is 27.2. The molecule has 10 nitrogen and oxygen atoms in total. The van der Waals surface area contributed by atoms with Crippen molar-refractivity contribution in [3.8, 4) is 11.5 Å². The Morgan fingerprint density at radius 3 is 2.57 bits per heavy atom. The van der Waals surface area contributed by atoms with Gasteiger partial charge in [-0.05, 0) is 62.8 Å². The SMILES string of the molecule is CO[C@@H]1COCC[C@@H]1NC1CCN(C(=O)c2nc(-c3cc(C)on3)nc(N3CCc4ccc(C(F)(F)F)cc4C3)c2C)CC1. The van der Waals surface area contributed by atoms with Gasteiger partial charge in [0.25, 0.3) is 5.91 Å². The van der Waals surface area contributed by atoms with Crippen molar-refractivity contribution >= 4 is 11.7 Å². The Kier molecular flexibility index (Phi) is 8.62. The van der Waals surface area contributed by atoms with Crippen LogP contribution in [0, 0.1) is 13.8 Å². The number of benzene rings is 1. The number of methoxy groups -OCH3 is 1. The molecule has 2 saturated heterocycles. The molecule has 0 aliphatic carbocycles. The Morgan fingerprint density at radius 2 is 1.86 bits per heavy atom. The molecule has 2 aromatic heterocycles. The Hall–Kier alpha value is -3.55. The van der Waals surface area contributed by atoms with Gasteiger partial charge in [-0.15, -0.1) is 0 Å². The smallest absolute Gasteiger partial charge is 0.379 e. The van der Waals surface area contributed by atoms with Crippen molar-refractivity contribution in [3.05, 3.63) is 58.0 Å². The van der Waals surface area contributed by atoms with Crippen LogP contribution in [0.15, 0.2) is 28.8 Å². The number of carbonyl (C=O) groups is 1. The predicted octanol–water partition coefficient (Wildman–Crippen LogP) is 4.33. The van der Waals surface area contributed by atoms with Crippen molar-refractivity contribution in [1.82, 2.24) is 25.3 Å². The molecule has 0 unspecified atom stereocenters. The molecule has 2 fully saturated rings. The lowest BCUT2D eigenvalue weighted by Crippen LogP contribution is -2.54. The number of hydrogen-bond donors (Lipinski definition) is 1. The number of likely N-dealkylation sites (tertiary alicyclic amines) is 1. The van der Waals surface area contributed by atoms with E-state index in [9.17, 15) is 18.0 Å². The van der Waals surface area contributed by atoms with Crippen LogP contribution in [0.5, 0.6) is 0 Å². The van der Waals surface area contributed by atoms with E-state index in [1.54, 1.807) is 33.1 Å². The Morgan fingerprint density at radius 1 is 1.07 bits per heavy atom. The second-order valence-electron chi connectivity index (χ2n) is 11.8. The lowest BCUT2D eigenvalue weighted by molar-refractivity contribution is -0.137. The molecule has 1 N–H and O–H groups in total. The van der Waals surface area contributed by atoms with Crippen molar-refractivity contribution in [2.45, 2.75) is 70.4 Å². The van der Waals surface area contributed by atoms with Crippen LogP contribution >= 0.6 is 0 Å². The number of nitrogens with zero attached hydrogens (tertiary/aromatic N) is 5. The number of nitrogens with one attached hydrogen (secondary N) is 1. The molecule has 0 spiro atoms. The number of halogens is 3. The van der Waals surface area contributed by atoms with E-state index in [1.807, 2.05) is 9.80 Å². The second kappa shape index (κ2) is 12.4. The van der Waals surface area contributed by atoms with Crippen LogP contribution < -0.4 is 10.2 Å². The van der Waals surface area contributed by atoms with Crippen molar-refractivity contribution in [3.63, 3.8) is 0 Å². The quantitative estimate of drug-likeness (QED) is 0.435. The summed E-state index contributed by atoms with van der Waals surface area (Å²) >= 11 is 0. The van der Waals surface area contributed by atoms with Gasteiger partial charge in [-0.25, -0.2) is 9.97 Å². The van der Waals surface area contributed by atoms with Crippen LogP contribution in [-0.4, -0.2) is 84.1 Å². The normalized spacial score (nSPS) is 21.4. The molecule has 3 aliphatic rings. The van der Waals surface area contributed by atoms with Gasteiger partial charge >= 0.3 is 6.18 Å². The fraction of sp³-hybridized carbons (Fsp3) is 0.548. The molecule has 2 atom stereocenters. The van der Waals surface area contributed by atoms with Crippen LogP contribution in [-0.2, 0) is 28.6 Å². The topological polar surface area (TPSA) is 106 Å². The standard InChI is InChI=1S/C31H37F3N6O4/c1-18-14-25(38-44-18)28-36-27(30(41)39-11-7-23(8-12-39)35-24-9-13-43-17-26(24)42-3)19(2)29(37-28)40-10-6-20-4-5-22(31(32,33)34)15-21(20)16-40/h4-5,14-15,23-24,26,35H,6-13,16-17H2,1-3H3/t24-,26+/m0/s1. The molecule has 6 rings (SSSR count). The highest BCUT2D eigenvalue weighted by molar-refractivity contribution is 5.95. The summed E-state index contributed by atoms with van der Waals surface area (Å²) in [6.45, 7) is 6.71. The van der Waals surface area contributed by atoms with E-state index in [1.165, 1.54) is 6.07 Å². The first-order valence-corrected chi connectivity index (χ1v) is 15.0. The number of piperidine rings is 1. The molecular formula is C31H37F3N6O4. The summed E-state index contributed by atoms with van der Waals surface area (Å²) in [7, 11) is 1.70. The molecule has 13 heteroatoms. The zero-order valence-corrected chi connectivity index (χ0v) is 25.1. The van der Waals surface area contributed by atoms with Crippen molar-refractivity contribution in [2.75, 3.05) is 44.9 Å². The van der Waals surface area contributed by atoms with Gasteiger partial charge in [-0.3, -0.25) is 4.79 Å². The number of aryl methyl sites for hydroxylation is 1. The van der Waals surface area contributed by atoms with Crippen molar-refractivity contribution in [2.24, 2.45) is 0 Å². The van der Waals surface area contributed by atoms with Gasteiger partial charge in [-0.2, -0.15) is 13.2 Å². The van der Waals surface area contributed by atoms with Gasteiger partial charge in [0, 0.05) is 63.6 Å². The molecule has 0 bridgehead atoms. The van der Waals surface area contributed by atoms with Crippen LogP contribution in [0.3, 0.4) is 0 Å². The predicted molar refractivity (Wildman–Crippen MR) is 155 cm³/mol. The first kappa shape index (κ1) is 30.5. The van der Waals surface area contributed by atoms with Crippen LogP contribution in [0.2, 0.25) is 0 Å². The summed E-state index contributed by atoms with van der Waals surface area (Å²) < 4.78 is 56.8. The first-order chi connectivity index (χ1) is 21.1. The third kappa shape index (κ3) is 6.31. The molecule has 0 radical (unpaired) electrons. The number of rotatable bonds is 6. The van der Waals surface area contributed by atoms with Gasteiger partial charge in [0.2, 0.25) is 0 Å². The molecule has 5 heterocycles. The van der Waals surface area contributed by atoms with Crippen LogP contribution in [0.4, 0.5) is 19.0 Å². The molecule has 3 aromatic rings. The summed E-state index contributed by atoms with van der Waals surface area (Å²) in [5, 5.41) is 7.78. The lowest BCUT2D eigenvalue weighted by atomic mass is 9.96. The molecule has 0 saturated carbocycles. The van der Waals surface area contributed by atoms with E-state index in [0.717, 1.165) is 30.9 Å². The Labute approximate surface area is 253 Å². The zero-order valence-electron chi connectivity index (χ0n) is 25.1. The summed E-state index contributed by atoms with van der Waals surface area (Å²) in [5.41, 5.74) is 2.01. The lowest BCUT2D eigenvalue weighted by Gasteiger charge is -2.38. The fourth-order valence-corrected chi connectivity index (χ4v) is 6.36. The maximum absolute atomic E-state index is 14.0. The molecule has 1 aromatic carbocycles. The monoisotopic (exact) mass is 614 g/mol. The highest BCUT2D eigenvalue weighted by Gasteiger charge is 2.34. The molecule has 1 amide bonds. The molecule has 3 aliphatic heterocycles. The van der Waals surface area contributed by atoms with Gasteiger partial charge in [0.15, 0.2) is 11.5 Å². The third-order valence-electron chi connectivity index (χ3n) is 8.86. The number of carbonyl (C=O) groups excluding carboxylic acids is 1. The van der Waals surface area contributed by atoms with E-state index < -0.39 is 11.7 Å². The number of fused-ring (bicyclic) bond motifs is 1. The summed E-state index contributed by atoms with van der Waals surface area (Å²) in [6.07, 6.45) is -1.42. The number of ether oxygens (including phenoxy) is 2. The van der Waals surface area contributed by atoms with E-state index in [0.29, 0.717) is 67.7 Å². The van der Waals surface area contributed by atoms with Crippen molar-refractivity contribution in [1.29, 1.82) is 0 Å². The minimum Gasteiger partial charge on any atom is -0.379 e. The number of alkyl halides is 3. The summed E-state index contributed by atoms with van der Waals surface area (Å²) in [5.74, 6) is 1.11. The Bertz CT molecular complexity index is 1500. The minimum atomic E-state index is -4.43. The second-order valence-corrected chi connectivity index (χ2v) is 11.8. The first-order valence-electron chi connectivity index (χ1n) is 15.0. The van der Waals surface area contributed by atoms with E-state index in [-0.39, 0.29) is 42.2 Å². The van der Waals surface area contributed by atoms with Gasteiger partial charge in [-0.1, -0.05) is 11.2 Å². The molecular weight excluding hydrogens is 577 g/mol. The molecule has 236 valence electrons. The van der Waals surface area contributed by atoms with Crippen LogP contribution in [0.1, 0.15) is 57.8 Å². The highest BCUT2D eigenvalue weighted by Crippen LogP contribution is 2.34. The van der Waals surface area contributed by atoms with Gasteiger partial charge in [0.05, 0.1) is 18.3 Å². The third-order valence-corrected chi connectivity index (χ3v) is 8.86. The van der Waals surface area contributed by atoms with Gasteiger partial charge in [0.1, 0.15) is 17.3 Å². The average molecular weight is 615 g/mol. The highest BCUT2D eigenvalue weighted by atomic mass is 19.4. The maximum Gasteiger partial charge on any atom is 0.416 e. The van der Waals surface area contributed by atoms with E-state index >= 15 is 0 Å². The summed E-state index contributed by atoms with van der Waals surface area (Å²) in [6, 6.07) is 6.05. The Balaban J connectivity index is 1.24. The number of amides is 1. The number of anilines is 1. The van der Waals surface area contributed by atoms with E-state index in [4.69, 9.17) is 19.0 Å². The maximum atomic E-state index is 14.0. The number of aromatic nitrogens is 3. The largest absolute Gasteiger partial charge is 0.416 e. The molecule has 44 heavy (non-hydrogen) atoms. The van der Waals surface area contributed by atoms with Crippen molar-refractivity contribution < 1.29 is 32.0 Å². The fourth-order valence-electron chi connectivity index (χ4n) is 6.36. The van der Waals surface area contributed by atoms with Crippen LogP contribution in [0.25, 0.3) is 11.5 Å². The average Bonchev–Trinajstić information content (AvgIpc) is 3.46.